The van der Waals surface area contributed by atoms with E-state index < -0.39 is 29.7 Å². The molecular weight excluding hydrogens is 456 g/mol. The van der Waals surface area contributed by atoms with Crippen molar-refractivity contribution in [3.63, 3.8) is 0 Å². The Morgan fingerprint density at radius 3 is 2.71 bits per heavy atom. The van der Waals surface area contributed by atoms with Gasteiger partial charge < -0.3 is 25.5 Å². The van der Waals surface area contributed by atoms with E-state index in [9.17, 15) is 18.7 Å². The number of furan rings is 1. The zero-order valence-electron chi connectivity index (χ0n) is 18.8. The number of benzene rings is 1. The van der Waals surface area contributed by atoms with Gasteiger partial charge in [0.15, 0.2) is 5.58 Å². The third-order valence-electron chi connectivity index (χ3n) is 6.23. The van der Waals surface area contributed by atoms with Crippen molar-refractivity contribution in [2.45, 2.75) is 19.1 Å². The molecule has 4 N–H and O–H groups in total. The number of nitrogens with zero attached hydrogens (tertiary/aromatic N) is 3. The minimum atomic E-state index is -0.761. The molecule has 1 fully saturated rings. The summed E-state index contributed by atoms with van der Waals surface area (Å²) in [4.78, 5) is 23.6. The SMILES string of the molecule is CC1CN(c2ccncc2NC(=O)c2ccc3occ(-c4c(F)cccc4F)c3n2)CC(N)C1O. The summed E-state index contributed by atoms with van der Waals surface area (Å²) in [6.45, 7) is 2.88. The Bertz CT molecular complexity index is 1380. The molecule has 0 aliphatic carbocycles. The molecule has 1 aliphatic rings. The number of aliphatic hydroxyl groups excluding tert-OH is 1. The fraction of sp³-hybridized carbons (Fsp3) is 0.240. The molecule has 0 saturated carbocycles. The van der Waals surface area contributed by atoms with Gasteiger partial charge in [-0.05, 0) is 30.3 Å². The average Bonchev–Trinajstić information content (AvgIpc) is 3.25. The Hall–Kier alpha value is -3.89. The van der Waals surface area contributed by atoms with E-state index in [1.165, 1.54) is 30.7 Å². The molecule has 1 amide bonds. The van der Waals surface area contributed by atoms with Crippen LogP contribution in [0.2, 0.25) is 0 Å². The van der Waals surface area contributed by atoms with Gasteiger partial charge in [0.25, 0.3) is 5.91 Å². The molecule has 3 atom stereocenters. The summed E-state index contributed by atoms with van der Waals surface area (Å²) in [6, 6.07) is 7.87. The average molecular weight is 479 g/mol. The van der Waals surface area contributed by atoms with E-state index >= 15 is 0 Å². The molecule has 1 saturated heterocycles. The Kier molecular flexibility index (Phi) is 5.91. The van der Waals surface area contributed by atoms with Crippen LogP contribution in [0.3, 0.4) is 0 Å². The third-order valence-corrected chi connectivity index (χ3v) is 6.23. The first-order valence-corrected chi connectivity index (χ1v) is 11.1. The number of hydrogen-bond acceptors (Lipinski definition) is 7. The number of amides is 1. The molecule has 3 unspecified atom stereocenters. The van der Waals surface area contributed by atoms with Crippen LogP contribution >= 0.6 is 0 Å². The largest absolute Gasteiger partial charge is 0.462 e. The summed E-state index contributed by atoms with van der Waals surface area (Å²) in [5, 5.41) is 13.0. The van der Waals surface area contributed by atoms with Crippen molar-refractivity contribution in [3.8, 4) is 11.1 Å². The summed E-state index contributed by atoms with van der Waals surface area (Å²) in [5.74, 6) is -2.11. The maximum atomic E-state index is 14.4. The smallest absolute Gasteiger partial charge is 0.274 e. The maximum Gasteiger partial charge on any atom is 0.274 e. The van der Waals surface area contributed by atoms with Gasteiger partial charge in [-0.15, -0.1) is 0 Å². The first-order valence-electron chi connectivity index (χ1n) is 11.1. The van der Waals surface area contributed by atoms with E-state index in [-0.39, 0.29) is 33.8 Å². The molecule has 4 aromatic rings. The number of aliphatic hydroxyl groups is 1. The second-order valence-electron chi connectivity index (χ2n) is 8.67. The van der Waals surface area contributed by atoms with Gasteiger partial charge in [0.05, 0.1) is 34.8 Å². The van der Waals surface area contributed by atoms with Crippen LogP contribution in [0.1, 0.15) is 17.4 Å². The third kappa shape index (κ3) is 4.22. The zero-order valence-corrected chi connectivity index (χ0v) is 18.8. The standard InChI is InChI=1S/C25H23F2N5O3/c1-13-10-32(11-17(28)24(13)33)20-7-8-29-9-19(20)31-25(34)18-5-6-21-23(30-18)14(12-35-21)22-15(26)3-2-4-16(22)27/h2-9,12-13,17,24,33H,10-11,28H2,1H3,(H,31,34). The van der Waals surface area contributed by atoms with Crippen molar-refractivity contribution in [1.82, 2.24) is 9.97 Å². The minimum absolute atomic E-state index is 0.0332. The minimum Gasteiger partial charge on any atom is -0.462 e. The number of piperidine rings is 1. The van der Waals surface area contributed by atoms with E-state index in [4.69, 9.17) is 10.2 Å². The van der Waals surface area contributed by atoms with Crippen LogP contribution in [0.5, 0.6) is 0 Å². The number of aromatic nitrogens is 2. The highest BCUT2D eigenvalue weighted by atomic mass is 19.1. The van der Waals surface area contributed by atoms with Gasteiger partial charge in [-0.3, -0.25) is 9.78 Å². The van der Waals surface area contributed by atoms with Crippen molar-refractivity contribution in [2.75, 3.05) is 23.3 Å². The van der Waals surface area contributed by atoms with Crippen LogP contribution in [0.4, 0.5) is 20.2 Å². The predicted molar refractivity (Wildman–Crippen MR) is 127 cm³/mol. The second-order valence-corrected chi connectivity index (χ2v) is 8.67. The molecule has 10 heteroatoms. The summed E-state index contributed by atoms with van der Waals surface area (Å²) >= 11 is 0. The Balaban J connectivity index is 1.46. The molecule has 0 radical (unpaired) electrons. The lowest BCUT2D eigenvalue weighted by Gasteiger charge is -2.40. The molecule has 5 rings (SSSR count). The lowest BCUT2D eigenvalue weighted by Crippen LogP contribution is -2.55. The van der Waals surface area contributed by atoms with E-state index in [1.54, 1.807) is 12.3 Å². The Morgan fingerprint density at radius 1 is 1.20 bits per heavy atom. The summed E-state index contributed by atoms with van der Waals surface area (Å²) in [6.07, 6.45) is 3.74. The van der Waals surface area contributed by atoms with Gasteiger partial charge in [-0.25, -0.2) is 13.8 Å². The number of fused-ring (bicyclic) bond motifs is 1. The van der Waals surface area contributed by atoms with Gasteiger partial charge in [0.2, 0.25) is 0 Å². The first kappa shape index (κ1) is 22.9. The monoisotopic (exact) mass is 479 g/mol. The zero-order chi connectivity index (χ0) is 24.7. The highest BCUT2D eigenvalue weighted by molar-refractivity contribution is 6.06. The van der Waals surface area contributed by atoms with Gasteiger partial charge in [-0.2, -0.15) is 0 Å². The van der Waals surface area contributed by atoms with Gasteiger partial charge in [0.1, 0.15) is 29.1 Å². The maximum absolute atomic E-state index is 14.4. The number of halogens is 2. The molecule has 35 heavy (non-hydrogen) atoms. The Labute approximate surface area is 199 Å². The predicted octanol–water partition coefficient (Wildman–Crippen LogP) is 3.56. The number of anilines is 2. The van der Waals surface area contributed by atoms with E-state index in [0.29, 0.717) is 24.5 Å². The molecule has 1 aromatic carbocycles. The van der Waals surface area contributed by atoms with Crippen LogP contribution < -0.4 is 16.0 Å². The molecule has 0 bridgehead atoms. The number of pyridine rings is 2. The summed E-state index contributed by atoms with van der Waals surface area (Å²) < 4.78 is 34.1. The van der Waals surface area contributed by atoms with Crippen molar-refractivity contribution < 1.29 is 23.1 Å². The van der Waals surface area contributed by atoms with Crippen LogP contribution in [0.15, 0.2) is 59.5 Å². The van der Waals surface area contributed by atoms with Crippen molar-refractivity contribution >= 4 is 28.4 Å². The molecular formula is C25H23F2N5O3. The van der Waals surface area contributed by atoms with E-state index in [2.05, 4.69) is 15.3 Å². The number of carbonyl (C=O) groups excluding carboxylic acids is 1. The normalized spacial score (nSPS) is 20.3. The van der Waals surface area contributed by atoms with Crippen LogP contribution in [0, 0.1) is 17.6 Å². The fourth-order valence-electron chi connectivity index (χ4n) is 4.43. The summed E-state index contributed by atoms with van der Waals surface area (Å²) in [5.41, 5.74) is 7.58. The fourth-order valence-corrected chi connectivity index (χ4v) is 4.43. The van der Waals surface area contributed by atoms with Crippen LogP contribution in [0.25, 0.3) is 22.2 Å². The van der Waals surface area contributed by atoms with Crippen LogP contribution in [-0.4, -0.2) is 46.2 Å². The van der Waals surface area contributed by atoms with Gasteiger partial charge in [-0.1, -0.05) is 13.0 Å². The molecule has 3 aromatic heterocycles. The second kappa shape index (κ2) is 9.05. The van der Waals surface area contributed by atoms with E-state index in [1.807, 2.05) is 11.8 Å². The molecule has 1 aliphatic heterocycles. The van der Waals surface area contributed by atoms with Crippen molar-refractivity contribution in [1.29, 1.82) is 0 Å². The van der Waals surface area contributed by atoms with Crippen molar-refractivity contribution in [2.24, 2.45) is 11.7 Å². The molecule has 180 valence electrons. The molecule has 0 spiro atoms. The number of hydrogen-bond donors (Lipinski definition) is 3. The number of rotatable bonds is 4. The van der Waals surface area contributed by atoms with Gasteiger partial charge in [0, 0.05) is 31.2 Å². The van der Waals surface area contributed by atoms with Gasteiger partial charge >= 0.3 is 0 Å². The summed E-state index contributed by atoms with van der Waals surface area (Å²) in [7, 11) is 0. The highest BCUT2D eigenvalue weighted by Crippen LogP contribution is 2.34. The lowest BCUT2D eigenvalue weighted by atomic mass is 9.92. The quantitative estimate of drug-likeness (QED) is 0.410. The topological polar surface area (TPSA) is 118 Å². The Morgan fingerprint density at radius 2 is 1.97 bits per heavy atom. The molecule has 4 heterocycles. The first-order chi connectivity index (χ1) is 16.8. The van der Waals surface area contributed by atoms with Crippen molar-refractivity contribution in [3.05, 3.63) is 72.4 Å². The number of nitrogens with one attached hydrogen (secondary N) is 1. The number of carbonyl (C=O) groups is 1. The highest BCUT2D eigenvalue weighted by Gasteiger charge is 2.32. The molecule has 8 nitrogen and oxygen atoms in total. The number of nitrogens with two attached hydrogens (primary N) is 1. The lowest BCUT2D eigenvalue weighted by molar-refractivity contribution is 0.0785. The van der Waals surface area contributed by atoms with Crippen LogP contribution in [-0.2, 0) is 0 Å². The van der Waals surface area contributed by atoms with E-state index in [0.717, 1.165) is 12.1 Å².